The molecule has 7 nitrogen and oxygen atoms in total. The number of benzene rings is 2. The average Bonchev–Trinajstić information content (AvgIpc) is 2.76. The van der Waals surface area contributed by atoms with E-state index in [9.17, 15) is 9.59 Å². The monoisotopic (exact) mass is 412 g/mol. The second-order valence-electron chi connectivity index (χ2n) is 7.56. The normalized spacial score (nSPS) is 18.0. The molecule has 0 saturated carbocycles. The minimum atomic E-state index is -0.600. The number of hydrogen-bond acceptors (Lipinski definition) is 5. The molecule has 1 heterocycles. The first-order chi connectivity index (χ1) is 14.4. The maximum atomic E-state index is 12.8. The van der Waals surface area contributed by atoms with Crippen molar-refractivity contribution in [3.05, 3.63) is 59.7 Å². The van der Waals surface area contributed by atoms with Crippen LogP contribution in [-0.2, 0) is 22.7 Å². The molecule has 1 saturated heterocycles. The van der Waals surface area contributed by atoms with Crippen LogP contribution >= 0.6 is 0 Å². The summed E-state index contributed by atoms with van der Waals surface area (Å²) in [6.45, 7) is 4.61. The van der Waals surface area contributed by atoms with Crippen LogP contribution in [0.3, 0.4) is 0 Å². The molecule has 2 aromatic carbocycles. The molecule has 30 heavy (non-hydrogen) atoms. The number of carbonyl (C=O) groups is 2. The fourth-order valence-corrected chi connectivity index (χ4v) is 3.70. The summed E-state index contributed by atoms with van der Waals surface area (Å²) >= 11 is 0. The number of likely N-dealkylation sites (tertiary alicyclic amines) is 1. The van der Waals surface area contributed by atoms with E-state index < -0.39 is 12.1 Å². The minimum Gasteiger partial charge on any atom is -0.497 e. The molecule has 0 bridgehead atoms. The molecule has 1 aliphatic heterocycles. The number of methoxy groups -OCH3 is 2. The summed E-state index contributed by atoms with van der Waals surface area (Å²) in [4.78, 5) is 26.8. The number of hydrogen-bond donors (Lipinski definition) is 1. The van der Waals surface area contributed by atoms with Gasteiger partial charge in [0.15, 0.2) is 0 Å². The van der Waals surface area contributed by atoms with Crippen molar-refractivity contribution in [2.45, 2.75) is 39.1 Å². The van der Waals surface area contributed by atoms with E-state index in [1.807, 2.05) is 56.3 Å². The zero-order valence-electron chi connectivity index (χ0n) is 17.8. The quantitative estimate of drug-likeness (QED) is 0.673. The summed E-state index contributed by atoms with van der Waals surface area (Å²) in [5, 5.41) is 2.73. The van der Waals surface area contributed by atoms with Gasteiger partial charge in [-0.1, -0.05) is 44.2 Å². The first-order valence-corrected chi connectivity index (χ1v) is 9.93. The maximum absolute atomic E-state index is 12.8. The Labute approximate surface area is 176 Å². The predicted octanol–water partition coefficient (Wildman–Crippen LogP) is 3.37. The van der Waals surface area contributed by atoms with Gasteiger partial charge in [-0.25, -0.2) is 4.79 Å². The molecule has 2 atom stereocenters. The molecular weight excluding hydrogens is 384 g/mol. The van der Waals surface area contributed by atoms with E-state index >= 15 is 0 Å². The number of rotatable bonds is 8. The highest BCUT2D eigenvalue weighted by Crippen LogP contribution is 2.32. The zero-order valence-corrected chi connectivity index (χ0v) is 17.8. The second-order valence-corrected chi connectivity index (χ2v) is 7.56. The third kappa shape index (κ3) is 4.67. The molecule has 7 heteroatoms. The first-order valence-electron chi connectivity index (χ1n) is 9.93. The van der Waals surface area contributed by atoms with Gasteiger partial charge in [-0.3, -0.25) is 4.79 Å². The predicted molar refractivity (Wildman–Crippen MR) is 112 cm³/mol. The van der Waals surface area contributed by atoms with Crippen molar-refractivity contribution in [2.75, 3.05) is 14.2 Å². The van der Waals surface area contributed by atoms with Crippen molar-refractivity contribution in [2.24, 2.45) is 5.92 Å². The molecule has 1 N–H and O–H groups in total. The lowest BCUT2D eigenvalue weighted by molar-refractivity contribution is -0.154. The van der Waals surface area contributed by atoms with E-state index in [0.717, 1.165) is 11.1 Å². The first kappa shape index (κ1) is 21.5. The minimum absolute atomic E-state index is 0.131. The Balaban J connectivity index is 1.63. The lowest BCUT2D eigenvalue weighted by atomic mass is 9.85. The molecule has 0 aliphatic carbocycles. The summed E-state index contributed by atoms with van der Waals surface area (Å²) < 4.78 is 15.9. The summed E-state index contributed by atoms with van der Waals surface area (Å²) in [5.41, 5.74) is 1.77. The van der Waals surface area contributed by atoms with Crippen molar-refractivity contribution in [3.63, 3.8) is 0 Å². The average molecular weight is 412 g/mol. The third-order valence-corrected chi connectivity index (χ3v) is 5.25. The van der Waals surface area contributed by atoms with Gasteiger partial charge in [-0.2, -0.15) is 0 Å². The number of nitrogens with one attached hydrogen (secondary N) is 1. The van der Waals surface area contributed by atoms with Crippen LogP contribution in [0.1, 0.15) is 25.0 Å². The largest absolute Gasteiger partial charge is 0.497 e. The molecular formula is C23H28N2O5. The van der Waals surface area contributed by atoms with Gasteiger partial charge in [0, 0.05) is 18.2 Å². The fourth-order valence-electron chi connectivity index (χ4n) is 3.70. The van der Waals surface area contributed by atoms with Gasteiger partial charge in [0.2, 0.25) is 5.91 Å². The summed E-state index contributed by atoms with van der Waals surface area (Å²) in [5.74, 6) is 1.37. The van der Waals surface area contributed by atoms with Crippen LogP contribution in [0.4, 0.5) is 4.79 Å². The van der Waals surface area contributed by atoms with Crippen LogP contribution in [0, 0.1) is 5.92 Å². The summed E-state index contributed by atoms with van der Waals surface area (Å²) in [6, 6.07) is 14.2. The standard InChI is InChI=1S/C23H28N2O5/c1-15(2)21-20(24-23(27)30-14-16-8-6-5-7-9-16)22(26)25(21)13-17-10-11-18(28-3)12-19(17)29-4/h5-12,15,20-21H,13-14H2,1-4H3,(H,24,27). The highest BCUT2D eigenvalue weighted by atomic mass is 16.5. The Hall–Kier alpha value is -3.22. The fraction of sp³-hybridized carbons (Fsp3) is 0.391. The zero-order chi connectivity index (χ0) is 21.7. The molecule has 2 amide bonds. The molecule has 0 aromatic heterocycles. The van der Waals surface area contributed by atoms with Crippen molar-refractivity contribution in [1.82, 2.24) is 10.2 Å². The molecule has 2 unspecified atom stereocenters. The molecule has 1 fully saturated rings. The number of ether oxygens (including phenoxy) is 3. The van der Waals surface area contributed by atoms with Gasteiger partial charge in [0.25, 0.3) is 0 Å². The highest BCUT2D eigenvalue weighted by Gasteiger charge is 2.49. The van der Waals surface area contributed by atoms with E-state index in [1.165, 1.54) is 0 Å². The summed E-state index contributed by atoms with van der Waals surface area (Å²) in [7, 11) is 3.18. The number of β-lactam (4-membered cyclic amide) rings is 1. The van der Waals surface area contributed by atoms with Crippen LogP contribution in [0.2, 0.25) is 0 Å². The van der Waals surface area contributed by atoms with E-state index in [2.05, 4.69) is 5.32 Å². The van der Waals surface area contributed by atoms with E-state index in [0.29, 0.717) is 18.0 Å². The van der Waals surface area contributed by atoms with Gasteiger partial charge in [-0.05, 0) is 23.6 Å². The van der Waals surface area contributed by atoms with E-state index in [1.54, 1.807) is 25.2 Å². The summed E-state index contributed by atoms with van der Waals surface area (Å²) in [6.07, 6.45) is -0.593. The lowest BCUT2D eigenvalue weighted by Crippen LogP contribution is -2.71. The van der Waals surface area contributed by atoms with Gasteiger partial charge >= 0.3 is 6.09 Å². The second kappa shape index (κ2) is 9.52. The Kier molecular flexibility index (Phi) is 6.82. The van der Waals surface area contributed by atoms with Gasteiger partial charge in [-0.15, -0.1) is 0 Å². The maximum Gasteiger partial charge on any atom is 0.408 e. The Bertz CT molecular complexity index is 884. The van der Waals surface area contributed by atoms with Crippen molar-refractivity contribution >= 4 is 12.0 Å². The Morgan fingerprint density at radius 1 is 1.10 bits per heavy atom. The molecule has 1 aliphatic rings. The lowest BCUT2D eigenvalue weighted by Gasteiger charge is -2.49. The number of nitrogens with zero attached hydrogens (tertiary/aromatic N) is 1. The SMILES string of the molecule is COc1ccc(CN2C(=O)C(NC(=O)OCc3ccccc3)C2C(C)C)c(OC)c1. The Morgan fingerprint density at radius 2 is 1.83 bits per heavy atom. The van der Waals surface area contributed by atoms with Crippen LogP contribution in [0.15, 0.2) is 48.5 Å². The molecule has 2 aromatic rings. The van der Waals surface area contributed by atoms with Crippen molar-refractivity contribution < 1.29 is 23.8 Å². The molecule has 3 rings (SSSR count). The number of alkyl carbamates (subject to hydrolysis) is 1. The van der Waals surface area contributed by atoms with E-state index in [4.69, 9.17) is 14.2 Å². The molecule has 0 spiro atoms. The molecule has 160 valence electrons. The molecule has 0 radical (unpaired) electrons. The van der Waals surface area contributed by atoms with Crippen LogP contribution in [0.25, 0.3) is 0 Å². The number of amides is 2. The van der Waals surface area contributed by atoms with Crippen molar-refractivity contribution in [3.8, 4) is 11.5 Å². The van der Waals surface area contributed by atoms with Gasteiger partial charge < -0.3 is 24.4 Å². The van der Waals surface area contributed by atoms with Gasteiger partial charge in [0.05, 0.1) is 20.3 Å². The third-order valence-electron chi connectivity index (χ3n) is 5.25. The van der Waals surface area contributed by atoms with Crippen LogP contribution in [-0.4, -0.2) is 43.2 Å². The smallest absolute Gasteiger partial charge is 0.408 e. The highest BCUT2D eigenvalue weighted by molar-refractivity contribution is 5.92. The topological polar surface area (TPSA) is 77.1 Å². The van der Waals surface area contributed by atoms with E-state index in [-0.39, 0.29) is 24.5 Å². The van der Waals surface area contributed by atoms with Crippen molar-refractivity contribution in [1.29, 1.82) is 0 Å². The number of carbonyl (C=O) groups excluding carboxylic acids is 2. The van der Waals surface area contributed by atoms with Gasteiger partial charge in [0.1, 0.15) is 24.1 Å². The van der Waals surface area contributed by atoms with Crippen LogP contribution < -0.4 is 14.8 Å². The van der Waals surface area contributed by atoms with Crippen LogP contribution in [0.5, 0.6) is 11.5 Å². The Morgan fingerprint density at radius 3 is 2.47 bits per heavy atom.